The van der Waals surface area contributed by atoms with Crippen molar-refractivity contribution >= 4 is 11.8 Å². The van der Waals surface area contributed by atoms with Crippen LogP contribution < -0.4 is 5.73 Å². The Kier molecular flexibility index (Phi) is 5.54. The monoisotopic (exact) mass is 265 g/mol. The number of hydrogen-bond donors (Lipinski definition) is 1. The zero-order valence-electron chi connectivity index (χ0n) is 11.1. The molecule has 0 bridgehead atoms. The van der Waals surface area contributed by atoms with Gasteiger partial charge in [0.15, 0.2) is 0 Å². The molecule has 0 saturated carbocycles. The van der Waals surface area contributed by atoms with Crippen LogP contribution in [0.1, 0.15) is 36.9 Å². The quantitative estimate of drug-likeness (QED) is 0.888. The third-order valence-electron chi connectivity index (χ3n) is 3.50. The standard InChI is InChI=1S/C15H23NOS/c1-2-12-3-5-13(6-4-12)15(16)11-18-14-7-9-17-10-8-14/h3-6,14-15H,2,7-11,16H2,1H3. The van der Waals surface area contributed by atoms with Gasteiger partial charge in [-0.15, -0.1) is 0 Å². The van der Waals surface area contributed by atoms with E-state index in [1.54, 1.807) is 0 Å². The van der Waals surface area contributed by atoms with Crippen molar-refractivity contribution in [2.75, 3.05) is 19.0 Å². The van der Waals surface area contributed by atoms with Crippen LogP contribution in [-0.2, 0) is 11.2 Å². The zero-order valence-corrected chi connectivity index (χ0v) is 11.9. The van der Waals surface area contributed by atoms with Gasteiger partial charge < -0.3 is 10.5 Å². The van der Waals surface area contributed by atoms with Gasteiger partial charge in [-0.1, -0.05) is 31.2 Å². The van der Waals surface area contributed by atoms with Crippen molar-refractivity contribution < 1.29 is 4.74 Å². The van der Waals surface area contributed by atoms with Crippen LogP contribution in [0.3, 0.4) is 0 Å². The summed E-state index contributed by atoms with van der Waals surface area (Å²) in [6.07, 6.45) is 3.44. The summed E-state index contributed by atoms with van der Waals surface area (Å²) in [5.41, 5.74) is 8.89. The van der Waals surface area contributed by atoms with Gasteiger partial charge in [0.05, 0.1) is 0 Å². The highest BCUT2D eigenvalue weighted by molar-refractivity contribution is 7.99. The number of thioether (sulfide) groups is 1. The molecule has 0 spiro atoms. The molecule has 100 valence electrons. The highest BCUT2D eigenvalue weighted by atomic mass is 32.2. The average molecular weight is 265 g/mol. The first-order valence-electron chi connectivity index (χ1n) is 6.83. The summed E-state index contributed by atoms with van der Waals surface area (Å²) in [4.78, 5) is 0. The molecule has 1 aromatic carbocycles. The lowest BCUT2D eigenvalue weighted by atomic mass is 10.1. The van der Waals surface area contributed by atoms with Gasteiger partial charge >= 0.3 is 0 Å². The van der Waals surface area contributed by atoms with E-state index >= 15 is 0 Å². The molecule has 1 saturated heterocycles. The second-order valence-corrected chi connectivity index (χ2v) is 6.18. The molecule has 2 rings (SSSR count). The van der Waals surface area contributed by atoms with Crippen LogP contribution >= 0.6 is 11.8 Å². The van der Waals surface area contributed by atoms with E-state index in [4.69, 9.17) is 10.5 Å². The van der Waals surface area contributed by atoms with Gasteiger partial charge in [-0.05, 0) is 30.4 Å². The van der Waals surface area contributed by atoms with Crippen LogP contribution in [-0.4, -0.2) is 24.2 Å². The Hall–Kier alpha value is -0.510. The summed E-state index contributed by atoms with van der Waals surface area (Å²) in [5.74, 6) is 1.01. The van der Waals surface area contributed by atoms with Crippen molar-refractivity contribution in [2.45, 2.75) is 37.5 Å². The Morgan fingerprint density at radius 3 is 2.56 bits per heavy atom. The maximum Gasteiger partial charge on any atom is 0.0476 e. The fraction of sp³-hybridized carbons (Fsp3) is 0.600. The van der Waals surface area contributed by atoms with Crippen LogP contribution in [0.25, 0.3) is 0 Å². The lowest BCUT2D eigenvalue weighted by Gasteiger charge is -2.23. The van der Waals surface area contributed by atoms with Gasteiger partial charge in [0.1, 0.15) is 0 Å². The third-order valence-corrected chi connectivity index (χ3v) is 4.99. The van der Waals surface area contributed by atoms with Gasteiger partial charge in [-0.2, -0.15) is 11.8 Å². The molecule has 2 N–H and O–H groups in total. The molecular weight excluding hydrogens is 242 g/mol. The molecule has 1 unspecified atom stereocenters. The summed E-state index contributed by atoms with van der Waals surface area (Å²) in [7, 11) is 0. The highest BCUT2D eigenvalue weighted by Crippen LogP contribution is 2.26. The molecule has 1 heterocycles. The Morgan fingerprint density at radius 2 is 1.94 bits per heavy atom. The van der Waals surface area contributed by atoms with Crippen LogP contribution in [0.2, 0.25) is 0 Å². The molecule has 3 heteroatoms. The fourth-order valence-corrected chi connectivity index (χ4v) is 3.38. The van der Waals surface area contributed by atoms with E-state index in [9.17, 15) is 0 Å². The Bertz CT molecular complexity index is 346. The first-order chi connectivity index (χ1) is 8.79. The number of nitrogens with two attached hydrogens (primary N) is 1. The summed E-state index contributed by atoms with van der Waals surface area (Å²) in [6.45, 7) is 4.01. The average Bonchev–Trinajstić information content (AvgIpc) is 2.46. The predicted octanol–water partition coefficient (Wildman–Crippen LogP) is 3.16. The minimum Gasteiger partial charge on any atom is -0.381 e. The lowest BCUT2D eigenvalue weighted by Crippen LogP contribution is -2.21. The predicted molar refractivity (Wildman–Crippen MR) is 79.0 cm³/mol. The van der Waals surface area contributed by atoms with Gasteiger partial charge in [-0.25, -0.2) is 0 Å². The van der Waals surface area contributed by atoms with E-state index in [-0.39, 0.29) is 6.04 Å². The van der Waals surface area contributed by atoms with Crippen LogP contribution in [0.5, 0.6) is 0 Å². The summed E-state index contributed by atoms with van der Waals surface area (Å²) < 4.78 is 5.37. The Balaban J connectivity index is 1.80. The number of ether oxygens (including phenoxy) is 1. The lowest BCUT2D eigenvalue weighted by molar-refractivity contribution is 0.1000. The summed E-state index contributed by atoms with van der Waals surface area (Å²) >= 11 is 2.01. The first kappa shape index (κ1) is 13.9. The van der Waals surface area contributed by atoms with E-state index in [1.165, 1.54) is 24.0 Å². The highest BCUT2D eigenvalue weighted by Gasteiger charge is 2.16. The van der Waals surface area contributed by atoms with E-state index in [2.05, 4.69) is 31.2 Å². The van der Waals surface area contributed by atoms with Crippen molar-refractivity contribution in [1.82, 2.24) is 0 Å². The van der Waals surface area contributed by atoms with E-state index in [0.29, 0.717) is 0 Å². The smallest absolute Gasteiger partial charge is 0.0476 e. The molecule has 0 aliphatic carbocycles. The third kappa shape index (κ3) is 4.01. The van der Waals surface area contributed by atoms with E-state index in [0.717, 1.165) is 30.6 Å². The maximum absolute atomic E-state index is 6.25. The maximum atomic E-state index is 6.25. The number of aryl methyl sites for hydroxylation is 1. The first-order valence-corrected chi connectivity index (χ1v) is 7.88. The molecule has 1 aromatic rings. The second-order valence-electron chi connectivity index (χ2n) is 4.85. The van der Waals surface area contributed by atoms with Crippen molar-refractivity contribution in [2.24, 2.45) is 5.73 Å². The molecule has 1 fully saturated rings. The fourth-order valence-electron chi connectivity index (χ4n) is 2.18. The van der Waals surface area contributed by atoms with Gasteiger partial charge in [0.2, 0.25) is 0 Å². The minimum atomic E-state index is 0.156. The van der Waals surface area contributed by atoms with E-state index < -0.39 is 0 Å². The summed E-state index contributed by atoms with van der Waals surface area (Å²) in [6, 6.07) is 8.88. The van der Waals surface area contributed by atoms with Gasteiger partial charge in [0, 0.05) is 30.3 Å². The van der Waals surface area contributed by atoms with Crippen LogP contribution in [0, 0.1) is 0 Å². The molecular formula is C15H23NOS. The second kappa shape index (κ2) is 7.17. The number of benzene rings is 1. The molecule has 0 aromatic heterocycles. The van der Waals surface area contributed by atoms with Crippen molar-refractivity contribution in [3.8, 4) is 0 Å². The normalized spacial score (nSPS) is 18.8. The summed E-state index contributed by atoms with van der Waals surface area (Å²) in [5, 5.41) is 0.736. The van der Waals surface area contributed by atoms with Crippen molar-refractivity contribution in [3.05, 3.63) is 35.4 Å². The zero-order chi connectivity index (χ0) is 12.8. The molecule has 1 aliphatic rings. The van der Waals surface area contributed by atoms with Crippen LogP contribution in [0.15, 0.2) is 24.3 Å². The topological polar surface area (TPSA) is 35.2 Å². The largest absolute Gasteiger partial charge is 0.381 e. The molecule has 1 atom stereocenters. The SMILES string of the molecule is CCc1ccc(C(N)CSC2CCOCC2)cc1. The van der Waals surface area contributed by atoms with E-state index in [1.807, 2.05) is 11.8 Å². The van der Waals surface area contributed by atoms with Gasteiger partial charge in [-0.3, -0.25) is 0 Å². The molecule has 0 amide bonds. The van der Waals surface area contributed by atoms with Crippen molar-refractivity contribution in [1.29, 1.82) is 0 Å². The minimum absolute atomic E-state index is 0.156. The number of rotatable bonds is 5. The number of hydrogen-bond acceptors (Lipinski definition) is 3. The molecule has 1 aliphatic heterocycles. The Morgan fingerprint density at radius 1 is 1.28 bits per heavy atom. The van der Waals surface area contributed by atoms with Crippen LogP contribution in [0.4, 0.5) is 0 Å². The molecule has 2 nitrogen and oxygen atoms in total. The molecule has 0 radical (unpaired) electrons. The Labute approximate surface area is 114 Å². The molecule has 18 heavy (non-hydrogen) atoms. The van der Waals surface area contributed by atoms with Gasteiger partial charge in [0.25, 0.3) is 0 Å². The van der Waals surface area contributed by atoms with Crippen molar-refractivity contribution in [3.63, 3.8) is 0 Å².